The van der Waals surface area contributed by atoms with E-state index in [1.54, 1.807) is 0 Å². The Morgan fingerprint density at radius 3 is 1.29 bits per heavy atom. The number of ketones is 2. The van der Waals surface area contributed by atoms with Gasteiger partial charge in [0.05, 0.1) is 6.61 Å². The summed E-state index contributed by atoms with van der Waals surface area (Å²) in [5.41, 5.74) is -2.36. The van der Waals surface area contributed by atoms with Crippen molar-refractivity contribution in [2.24, 2.45) is 0 Å². The molecular weight excluding hydrogens is 725 g/mol. The van der Waals surface area contributed by atoms with Gasteiger partial charge in [0.25, 0.3) is 5.60 Å². The molecule has 0 bridgehead atoms. The largest absolute Gasteiger partial charge is 0.440 e. The lowest BCUT2D eigenvalue weighted by Crippen LogP contribution is -2.60. The molecule has 0 saturated heterocycles. The maximum atomic E-state index is 13.8. The molecule has 2 N–H and O–H groups in total. The summed E-state index contributed by atoms with van der Waals surface area (Å²) in [4.78, 5) is 40.8. The first-order chi connectivity index (χ1) is 26.8. The molecular formula is C47H86O6S2. The Bertz CT molecular complexity index is 915. The van der Waals surface area contributed by atoms with Crippen LogP contribution >= 0.6 is 25.3 Å². The second-order valence-corrected chi connectivity index (χ2v) is 17.0. The van der Waals surface area contributed by atoms with E-state index < -0.39 is 35.8 Å². The van der Waals surface area contributed by atoms with Crippen LogP contribution in [-0.4, -0.2) is 57.1 Å². The van der Waals surface area contributed by atoms with E-state index in [0.717, 1.165) is 102 Å². The second kappa shape index (κ2) is 39.7. The molecule has 0 heterocycles. The van der Waals surface area contributed by atoms with Gasteiger partial charge in [0.2, 0.25) is 0 Å². The first kappa shape index (κ1) is 53.9. The highest BCUT2D eigenvalue weighted by molar-refractivity contribution is 7.81. The summed E-state index contributed by atoms with van der Waals surface area (Å²) in [7, 11) is 0. The molecule has 0 aromatic carbocycles. The fourth-order valence-electron chi connectivity index (χ4n) is 7.09. The van der Waals surface area contributed by atoms with Crippen molar-refractivity contribution in [3.05, 3.63) is 24.3 Å². The van der Waals surface area contributed by atoms with Crippen molar-refractivity contribution in [2.75, 3.05) is 12.4 Å². The van der Waals surface area contributed by atoms with Crippen molar-refractivity contribution in [1.82, 2.24) is 0 Å². The van der Waals surface area contributed by atoms with Crippen molar-refractivity contribution < 1.29 is 29.3 Å². The van der Waals surface area contributed by atoms with Crippen molar-refractivity contribution in [3.63, 3.8) is 0 Å². The summed E-state index contributed by atoms with van der Waals surface area (Å²) in [5.74, 6) is -1.13. The number of esters is 1. The molecule has 2 unspecified atom stereocenters. The minimum atomic E-state index is -2.36. The smallest absolute Gasteiger partial charge is 0.307 e. The fraction of sp³-hybridized carbons (Fsp3) is 0.851. The van der Waals surface area contributed by atoms with E-state index in [-0.39, 0.29) is 24.5 Å². The van der Waals surface area contributed by atoms with Crippen LogP contribution in [0.15, 0.2) is 24.3 Å². The lowest BCUT2D eigenvalue weighted by Gasteiger charge is -2.34. The van der Waals surface area contributed by atoms with Crippen LogP contribution in [0.3, 0.4) is 0 Å². The lowest BCUT2D eigenvalue weighted by atomic mass is 9.82. The number of unbranched alkanes of at least 4 members (excludes halogenated alkanes) is 23. The van der Waals surface area contributed by atoms with Gasteiger partial charge >= 0.3 is 5.97 Å². The second-order valence-electron chi connectivity index (χ2n) is 15.8. The highest BCUT2D eigenvalue weighted by Crippen LogP contribution is 2.28. The Morgan fingerprint density at radius 1 is 0.545 bits per heavy atom. The quantitative estimate of drug-likeness (QED) is 0.0161. The summed E-state index contributed by atoms with van der Waals surface area (Å²) in [6.45, 7) is 3.65. The van der Waals surface area contributed by atoms with E-state index in [1.807, 2.05) is 0 Å². The minimum Gasteiger partial charge on any atom is -0.440 e. The van der Waals surface area contributed by atoms with Gasteiger partial charge in [-0.3, -0.25) is 14.4 Å². The summed E-state index contributed by atoms with van der Waals surface area (Å²) in [6, 6.07) is 0. The van der Waals surface area contributed by atoms with Crippen molar-refractivity contribution >= 4 is 42.8 Å². The molecule has 0 rings (SSSR count). The van der Waals surface area contributed by atoms with E-state index >= 15 is 0 Å². The van der Waals surface area contributed by atoms with Gasteiger partial charge in [-0.25, -0.2) is 0 Å². The number of hydrogen-bond acceptors (Lipinski definition) is 8. The zero-order chi connectivity index (χ0) is 40.7. The first-order valence-corrected chi connectivity index (χ1v) is 24.1. The molecule has 0 aliphatic heterocycles. The Kier molecular flexibility index (Phi) is 38.9. The van der Waals surface area contributed by atoms with Gasteiger partial charge in [0, 0.05) is 24.5 Å². The molecule has 0 aromatic heterocycles. The molecule has 322 valence electrons. The predicted octanol–water partition coefficient (Wildman–Crippen LogP) is 13.0. The lowest BCUT2D eigenvalue weighted by molar-refractivity contribution is -0.188. The van der Waals surface area contributed by atoms with Gasteiger partial charge in [0.1, 0.15) is 6.10 Å². The molecule has 0 radical (unpaired) electrons. The molecule has 55 heavy (non-hydrogen) atoms. The number of aliphatic hydroxyl groups excluding tert-OH is 2. The molecule has 0 aliphatic carbocycles. The highest BCUT2D eigenvalue weighted by Gasteiger charge is 2.53. The summed E-state index contributed by atoms with van der Waals surface area (Å²) < 4.78 is 5.72. The van der Waals surface area contributed by atoms with Crippen molar-refractivity contribution in [3.8, 4) is 0 Å². The maximum absolute atomic E-state index is 13.8. The third kappa shape index (κ3) is 29.7. The number of ether oxygens (including phenoxy) is 1. The minimum absolute atomic E-state index is 0.0195. The maximum Gasteiger partial charge on any atom is 0.307 e. The van der Waals surface area contributed by atoms with Crippen LogP contribution in [0.1, 0.15) is 226 Å². The monoisotopic (exact) mass is 811 g/mol. The number of thiol groups is 2. The average Bonchev–Trinajstić information content (AvgIpc) is 3.18. The van der Waals surface area contributed by atoms with Gasteiger partial charge < -0.3 is 14.9 Å². The normalized spacial score (nSPS) is 13.2. The topological polar surface area (TPSA) is 101 Å². The number of aliphatic hydroxyl groups is 2. The van der Waals surface area contributed by atoms with Gasteiger partial charge in [-0.15, -0.1) is 0 Å². The van der Waals surface area contributed by atoms with Crippen molar-refractivity contribution in [2.45, 2.75) is 243 Å². The van der Waals surface area contributed by atoms with E-state index in [2.05, 4.69) is 63.4 Å². The SMILES string of the molecule is CCCCCCCC/C=C\CCCCCCCC(=O)C(OC(=O)CCCCC(S)CCS)(C(=O)CCCCCCC/C=C\CCCCCCCC)C(O)CO. The number of rotatable bonds is 42. The molecule has 0 saturated carbocycles. The van der Waals surface area contributed by atoms with Crippen LogP contribution in [0.25, 0.3) is 0 Å². The first-order valence-electron chi connectivity index (χ1n) is 23.0. The highest BCUT2D eigenvalue weighted by atomic mass is 32.1. The number of carbonyl (C=O) groups is 3. The summed E-state index contributed by atoms with van der Waals surface area (Å²) in [6.07, 6.45) is 39.6. The fourth-order valence-corrected chi connectivity index (χ4v) is 7.92. The molecule has 6 nitrogen and oxygen atoms in total. The zero-order valence-electron chi connectivity index (χ0n) is 35.6. The van der Waals surface area contributed by atoms with Crippen molar-refractivity contribution in [1.29, 1.82) is 0 Å². The van der Waals surface area contributed by atoms with E-state index in [4.69, 9.17) is 4.74 Å². The van der Waals surface area contributed by atoms with Gasteiger partial charge in [0.15, 0.2) is 11.6 Å². The molecule has 2 atom stereocenters. The van der Waals surface area contributed by atoms with Crippen LogP contribution in [-0.2, 0) is 19.1 Å². The van der Waals surface area contributed by atoms with Crippen LogP contribution in [0, 0.1) is 0 Å². The number of allylic oxidation sites excluding steroid dienone is 4. The molecule has 8 heteroatoms. The van der Waals surface area contributed by atoms with E-state index in [0.29, 0.717) is 19.3 Å². The van der Waals surface area contributed by atoms with Crippen LogP contribution in [0.5, 0.6) is 0 Å². The van der Waals surface area contributed by atoms with E-state index in [9.17, 15) is 24.6 Å². The van der Waals surface area contributed by atoms with Crippen LogP contribution < -0.4 is 0 Å². The third-order valence-electron chi connectivity index (χ3n) is 10.7. The molecule has 0 aliphatic rings. The molecule has 0 spiro atoms. The zero-order valence-corrected chi connectivity index (χ0v) is 37.4. The Morgan fingerprint density at radius 2 is 0.909 bits per heavy atom. The Balaban J connectivity index is 4.95. The van der Waals surface area contributed by atoms with Crippen LogP contribution in [0.4, 0.5) is 0 Å². The standard InChI is InChI=1S/C47H86O6S2/c1-3-5-7-9-11-13-15-17-19-21-23-25-27-29-31-36-43(49)47(45(51)41-48,53-46(52)38-34-33-35-42(55)39-40-54)44(50)37-32-30-28-26-24-22-20-18-16-14-12-10-8-6-4-2/h17-20,42,45,48,51,54-55H,3-16,21-41H2,1-2H3/b19-17-,20-18-. The number of hydrogen-bond donors (Lipinski definition) is 4. The predicted molar refractivity (Wildman–Crippen MR) is 241 cm³/mol. The Labute approximate surface area is 350 Å². The average molecular weight is 811 g/mol. The van der Waals surface area contributed by atoms with Crippen LogP contribution in [0.2, 0.25) is 0 Å². The van der Waals surface area contributed by atoms with Gasteiger partial charge in [-0.05, 0) is 89.2 Å². The van der Waals surface area contributed by atoms with E-state index in [1.165, 1.54) is 77.0 Å². The Hall–Kier alpha value is -1.09. The molecule has 0 amide bonds. The van der Waals surface area contributed by atoms with Gasteiger partial charge in [-0.2, -0.15) is 25.3 Å². The molecule has 0 fully saturated rings. The van der Waals surface area contributed by atoms with Gasteiger partial charge in [-0.1, -0.05) is 147 Å². The molecule has 0 aromatic rings. The number of Topliss-reactive ketones (excluding diaryl/α,β-unsaturated/α-hetero) is 2. The number of carbonyl (C=O) groups excluding carboxylic acids is 3. The summed E-state index contributed by atoms with van der Waals surface area (Å²) >= 11 is 8.81. The third-order valence-corrected chi connectivity index (χ3v) is 11.5. The summed E-state index contributed by atoms with van der Waals surface area (Å²) in [5, 5.41) is 21.3.